The van der Waals surface area contributed by atoms with Crippen molar-refractivity contribution in [3.8, 4) is 11.3 Å². The van der Waals surface area contributed by atoms with E-state index in [1.54, 1.807) is 12.1 Å². The van der Waals surface area contributed by atoms with Gasteiger partial charge in [-0.15, -0.1) is 0 Å². The number of methoxy groups -OCH3 is 1. The van der Waals surface area contributed by atoms with Crippen LogP contribution in [0.2, 0.25) is 0 Å². The summed E-state index contributed by atoms with van der Waals surface area (Å²) < 4.78 is 11.0. The van der Waals surface area contributed by atoms with Gasteiger partial charge in [0.2, 0.25) is 0 Å². The molecule has 0 aliphatic rings. The van der Waals surface area contributed by atoms with Crippen molar-refractivity contribution in [2.75, 3.05) is 7.11 Å². The third-order valence-corrected chi connectivity index (χ3v) is 3.19. The molecule has 0 aliphatic heterocycles. The molecule has 0 bridgehead atoms. The van der Waals surface area contributed by atoms with E-state index in [0.29, 0.717) is 11.3 Å². The SMILES string of the molecule is COC(=O)c1c(C(C)=O)coc1-c1ccc(Br)cc1. The molecule has 0 aliphatic carbocycles. The molecule has 2 aromatic rings. The Kier molecular flexibility index (Phi) is 3.85. The van der Waals surface area contributed by atoms with Gasteiger partial charge in [-0.25, -0.2) is 4.79 Å². The van der Waals surface area contributed by atoms with Crippen LogP contribution in [0.4, 0.5) is 0 Å². The zero-order chi connectivity index (χ0) is 14.0. The molecule has 19 heavy (non-hydrogen) atoms. The van der Waals surface area contributed by atoms with Gasteiger partial charge in [0.15, 0.2) is 5.78 Å². The molecule has 1 aromatic heterocycles. The minimum atomic E-state index is -0.586. The number of esters is 1. The second kappa shape index (κ2) is 5.40. The Hall–Kier alpha value is -1.88. The summed E-state index contributed by atoms with van der Waals surface area (Å²) in [4.78, 5) is 23.3. The van der Waals surface area contributed by atoms with Crippen molar-refractivity contribution in [1.29, 1.82) is 0 Å². The molecule has 0 unspecified atom stereocenters. The molecule has 0 amide bonds. The van der Waals surface area contributed by atoms with Gasteiger partial charge >= 0.3 is 5.97 Å². The minimum absolute atomic E-state index is 0.164. The number of benzene rings is 1. The number of furan rings is 1. The maximum atomic E-state index is 11.8. The van der Waals surface area contributed by atoms with Crippen molar-refractivity contribution in [1.82, 2.24) is 0 Å². The third-order valence-electron chi connectivity index (χ3n) is 2.67. The van der Waals surface area contributed by atoms with Crippen molar-refractivity contribution in [3.63, 3.8) is 0 Å². The quantitative estimate of drug-likeness (QED) is 0.638. The van der Waals surface area contributed by atoms with Crippen LogP contribution in [-0.4, -0.2) is 18.9 Å². The van der Waals surface area contributed by atoms with Gasteiger partial charge < -0.3 is 9.15 Å². The molecular weight excluding hydrogens is 312 g/mol. The summed E-state index contributed by atoms with van der Waals surface area (Å²) >= 11 is 3.33. The lowest BCUT2D eigenvalue weighted by Gasteiger charge is -2.03. The van der Waals surface area contributed by atoms with Gasteiger partial charge in [0.1, 0.15) is 17.6 Å². The van der Waals surface area contributed by atoms with Crippen molar-refractivity contribution < 1.29 is 18.7 Å². The van der Waals surface area contributed by atoms with Crippen molar-refractivity contribution in [2.24, 2.45) is 0 Å². The predicted molar refractivity (Wildman–Crippen MR) is 73.2 cm³/mol. The predicted octanol–water partition coefficient (Wildman–Crippen LogP) is 3.70. The molecule has 4 nitrogen and oxygen atoms in total. The molecule has 98 valence electrons. The van der Waals surface area contributed by atoms with Crippen LogP contribution < -0.4 is 0 Å². The Bertz CT molecular complexity index is 625. The highest BCUT2D eigenvalue weighted by Crippen LogP contribution is 2.30. The molecule has 2 rings (SSSR count). The van der Waals surface area contributed by atoms with Crippen molar-refractivity contribution in [2.45, 2.75) is 6.92 Å². The lowest BCUT2D eigenvalue weighted by Crippen LogP contribution is -2.07. The van der Waals surface area contributed by atoms with E-state index < -0.39 is 5.97 Å². The lowest BCUT2D eigenvalue weighted by atomic mass is 10.0. The number of hydrogen-bond donors (Lipinski definition) is 0. The summed E-state index contributed by atoms with van der Waals surface area (Å²) in [6, 6.07) is 7.23. The van der Waals surface area contributed by atoms with Crippen LogP contribution in [0.1, 0.15) is 27.6 Å². The molecule has 0 saturated heterocycles. The van der Waals surface area contributed by atoms with Gasteiger partial charge in [-0.05, 0) is 19.1 Å². The molecule has 0 N–H and O–H groups in total. The first-order valence-corrected chi connectivity index (χ1v) is 6.30. The van der Waals surface area contributed by atoms with Gasteiger partial charge in [-0.1, -0.05) is 28.1 Å². The number of rotatable bonds is 3. The molecule has 0 saturated carbocycles. The van der Waals surface area contributed by atoms with Crippen molar-refractivity contribution >= 4 is 27.7 Å². The summed E-state index contributed by atoms with van der Waals surface area (Å²) in [5, 5.41) is 0. The van der Waals surface area contributed by atoms with Gasteiger partial charge in [-0.2, -0.15) is 0 Å². The average molecular weight is 323 g/mol. The van der Waals surface area contributed by atoms with Crippen LogP contribution >= 0.6 is 15.9 Å². The number of halogens is 1. The Balaban J connectivity index is 2.60. The van der Waals surface area contributed by atoms with Crippen molar-refractivity contribution in [3.05, 3.63) is 46.1 Å². The van der Waals surface area contributed by atoms with E-state index in [-0.39, 0.29) is 16.9 Å². The number of ketones is 1. The van der Waals surface area contributed by atoms with Crippen LogP contribution in [0.15, 0.2) is 39.4 Å². The van der Waals surface area contributed by atoms with Crippen LogP contribution in [0.3, 0.4) is 0 Å². The van der Waals surface area contributed by atoms with E-state index in [0.717, 1.165) is 4.47 Å². The number of Topliss-reactive ketones (excluding diaryl/α,β-unsaturated/α-hetero) is 1. The Morgan fingerprint density at radius 2 is 1.84 bits per heavy atom. The molecule has 0 spiro atoms. The summed E-state index contributed by atoms with van der Waals surface area (Å²) in [5.41, 5.74) is 1.10. The van der Waals surface area contributed by atoms with E-state index in [4.69, 9.17) is 9.15 Å². The van der Waals surface area contributed by atoms with Gasteiger partial charge in [0.05, 0.1) is 12.7 Å². The fourth-order valence-electron chi connectivity index (χ4n) is 1.74. The highest BCUT2D eigenvalue weighted by molar-refractivity contribution is 9.10. The van der Waals surface area contributed by atoms with E-state index in [2.05, 4.69) is 15.9 Å². The largest absolute Gasteiger partial charge is 0.465 e. The number of ether oxygens (including phenoxy) is 1. The fraction of sp³-hybridized carbons (Fsp3) is 0.143. The molecule has 1 aromatic carbocycles. The first kappa shape index (κ1) is 13.5. The Morgan fingerprint density at radius 3 is 2.37 bits per heavy atom. The monoisotopic (exact) mass is 322 g/mol. The molecule has 0 radical (unpaired) electrons. The fourth-order valence-corrected chi connectivity index (χ4v) is 2.00. The maximum absolute atomic E-state index is 11.8. The number of hydrogen-bond acceptors (Lipinski definition) is 4. The van der Waals surface area contributed by atoms with E-state index in [1.165, 1.54) is 20.3 Å². The Morgan fingerprint density at radius 1 is 1.21 bits per heavy atom. The van der Waals surface area contributed by atoms with Crippen LogP contribution in [0, 0.1) is 0 Å². The van der Waals surface area contributed by atoms with Gasteiger partial charge in [0.25, 0.3) is 0 Å². The van der Waals surface area contributed by atoms with E-state index in [9.17, 15) is 9.59 Å². The second-order valence-electron chi connectivity index (χ2n) is 3.91. The maximum Gasteiger partial charge on any atom is 0.342 e. The zero-order valence-electron chi connectivity index (χ0n) is 10.4. The van der Waals surface area contributed by atoms with Crippen LogP contribution in [-0.2, 0) is 4.74 Å². The lowest BCUT2D eigenvalue weighted by molar-refractivity contribution is 0.0598. The standard InChI is InChI=1S/C14H11BrO4/c1-8(16)11-7-19-13(12(11)14(17)18-2)9-3-5-10(15)6-4-9/h3-7H,1-2H3. The number of carbonyl (C=O) groups excluding carboxylic acids is 2. The zero-order valence-corrected chi connectivity index (χ0v) is 12.0. The summed E-state index contributed by atoms with van der Waals surface area (Å²) in [5.74, 6) is -0.492. The highest BCUT2D eigenvalue weighted by Gasteiger charge is 2.24. The Labute approximate surface area is 118 Å². The van der Waals surface area contributed by atoms with Crippen LogP contribution in [0.25, 0.3) is 11.3 Å². The molecule has 5 heteroatoms. The van der Waals surface area contributed by atoms with E-state index in [1.807, 2.05) is 12.1 Å². The average Bonchev–Trinajstić information content (AvgIpc) is 2.83. The summed E-state index contributed by atoms with van der Waals surface area (Å²) in [6.07, 6.45) is 1.28. The highest BCUT2D eigenvalue weighted by atomic mass is 79.9. The molecule has 0 fully saturated rings. The second-order valence-corrected chi connectivity index (χ2v) is 4.82. The first-order chi connectivity index (χ1) is 9.04. The summed E-state index contributed by atoms with van der Waals surface area (Å²) in [6.45, 7) is 1.38. The third kappa shape index (κ3) is 2.61. The molecule has 0 atom stereocenters. The van der Waals surface area contributed by atoms with Crippen LogP contribution in [0.5, 0.6) is 0 Å². The minimum Gasteiger partial charge on any atom is -0.465 e. The van der Waals surface area contributed by atoms with E-state index >= 15 is 0 Å². The first-order valence-electron chi connectivity index (χ1n) is 5.51. The normalized spacial score (nSPS) is 10.3. The number of carbonyl (C=O) groups is 2. The topological polar surface area (TPSA) is 56.5 Å². The summed E-state index contributed by atoms with van der Waals surface area (Å²) in [7, 11) is 1.27. The molecular formula is C14H11BrO4. The van der Waals surface area contributed by atoms with Gasteiger partial charge in [-0.3, -0.25) is 4.79 Å². The van der Waals surface area contributed by atoms with Gasteiger partial charge in [0, 0.05) is 10.0 Å². The molecule has 1 heterocycles. The smallest absolute Gasteiger partial charge is 0.342 e.